The van der Waals surface area contributed by atoms with Crippen LogP contribution in [0.15, 0.2) is 6.07 Å². The molecule has 0 fully saturated rings. The van der Waals surface area contributed by atoms with Gasteiger partial charge in [-0.25, -0.2) is 8.42 Å². The summed E-state index contributed by atoms with van der Waals surface area (Å²) in [5.74, 6) is 0.213. The van der Waals surface area contributed by atoms with E-state index in [4.69, 9.17) is 0 Å². The first-order valence-corrected chi connectivity index (χ1v) is 8.48. The highest BCUT2D eigenvalue weighted by Gasteiger charge is 2.14. The monoisotopic (exact) mass is 287 g/mol. The third-order valence-electron chi connectivity index (χ3n) is 3.11. The Labute approximate surface area is 116 Å². The molecule has 0 unspecified atom stereocenters. The van der Waals surface area contributed by atoms with Gasteiger partial charge in [-0.3, -0.25) is 4.68 Å². The highest BCUT2D eigenvalue weighted by atomic mass is 32.2. The van der Waals surface area contributed by atoms with Crippen LogP contribution >= 0.6 is 0 Å². The number of aromatic nitrogens is 2. The van der Waals surface area contributed by atoms with Gasteiger partial charge in [0.05, 0.1) is 16.7 Å². The highest BCUT2D eigenvalue weighted by Crippen LogP contribution is 2.02. The molecule has 0 amide bonds. The molecule has 0 aliphatic carbocycles. The van der Waals surface area contributed by atoms with Gasteiger partial charge in [-0.05, 0) is 46.7 Å². The van der Waals surface area contributed by atoms with Crippen LogP contribution in [-0.2, 0) is 16.4 Å². The smallest absolute Gasteiger partial charge is 0.153 e. The SMILES string of the molecule is Cc1cc(C)n(CCCNCCS(=O)(=O)C(C)C)n1. The van der Waals surface area contributed by atoms with Crippen molar-refractivity contribution in [3.05, 3.63) is 17.5 Å². The average molecular weight is 287 g/mol. The fraction of sp³-hybridized carbons (Fsp3) is 0.769. The van der Waals surface area contributed by atoms with E-state index in [0.29, 0.717) is 6.54 Å². The lowest BCUT2D eigenvalue weighted by Crippen LogP contribution is -2.28. The van der Waals surface area contributed by atoms with E-state index in [1.54, 1.807) is 13.8 Å². The molecule has 0 spiro atoms. The van der Waals surface area contributed by atoms with Crippen molar-refractivity contribution in [1.82, 2.24) is 15.1 Å². The molecular formula is C13H25N3O2S. The van der Waals surface area contributed by atoms with Gasteiger partial charge in [-0.15, -0.1) is 0 Å². The Balaban J connectivity index is 2.17. The highest BCUT2D eigenvalue weighted by molar-refractivity contribution is 7.92. The molecule has 1 aromatic rings. The lowest BCUT2D eigenvalue weighted by Gasteiger charge is -2.09. The van der Waals surface area contributed by atoms with E-state index in [2.05, 4.69) is 16.5 Å². The van der Waals surface area contributed by atoms with Crippen molar-refractivity contribution >= 4 is 9.84 Å². The molecule has 1 aromatic heterocycles. The van der Waals surface area contributed by atoms with Gasteiger partial charge < -0.3 is 5.32 Å². The van der Waals surface area contributed by atoms with Crippen molar-refractivity contribution in [3.8, 4) is 0 Å². The fourth-order valence-corrected chi connectivity index (χ4v) is 2.73. The molecule has 1 heterocycles. The lowest BCUT2D eigenvalue weighted by molar-refractivity contribution is 0.535. The lowest BCUT2D eigenvalue weighted by atomic mass is 10.4. The first-order chi connectivity index (χ1) is 8.83. The first kappa shape index (κ1) is 16.2. The van der Waals surface area contributed by atoms with Crippen LogP contribution in [0, 0.1) is 13.8 Å². The van der Waals surface area contributed by atoms with Crippen LogP contribution < -0.4 is 5.32 Å². The standard InChI is InChI=1S/C13H25N3O2S/c1-11(2)19(17,18)9-7-14-6-5-8-16-13(4)10-12(3)15-16/h10-11,14H,5-9H2,1-4H3. The third-order valence-corrected chi connectivity index (χ3v) is 5.32. The number of nitrogens with zero attached hydrogens (tertiary/aromatic N) is 2. The van der Waals surface area contributed by atoms with E-state index in [-0.39, 0.29) is 11.0 Å². The molecule has 0 saturated carbocycles. The van der Waals surface area contributed by atoms with Gasteiger partial charge in [0.15, 0.2) is 9.84 Å². The molecular weight excluding hydrogens is 262 g/mol. The average Bonchev–Trinajstić information content (AvgIpc) is 2.62. The normalized spacial score (nSPS) is 12.3. The molecule has 1 rings (SSSR count). The summed E-state index contributed by atoms with van der Waals surface area (Å²) in [4.78, 5) is 0. The van der Waals surface area contributed by atoms with Gasteiger partial charge in [0.2, 0.25) is 0 Å². The molecule has 6 heteroatoms. The van der Waals surface area contributed by atoms with Crippen molar-refractivity contribution < 1.29 is 8.42 Å². The minimum atomic E-state index is -2.92. The van der Waals surface area contributed by atoms with Crippen molar-refractivity contribution in [2.45, 2.75) is 45.9 Å². The Morgan fingerprint density at radius 1 is 1.32 bits per heavy atom. The van der Waals surface area contributed by atoms with Crippen LogP contribution in [0.25, 0.3) is 0 Å². The number of hydrogen-bond acceptors (Lipinski definition) is 4. The van der Waals surface area contributed by atoms with Crippen molar-refractivity contribution in [2.24, 2.45) is 0 Å². The van der Waals surface area contributed by atoms with Crippen molar-refractivity contribution in [3.63, 3.8) is 0 Å². The second-order valence-corrected chi connectivity index (χ2v) is 7.85. The van der Waals surface area contributed by atoms with Gasteiger partial charge in [0, 0.05) is 18.8 Å². The van der Waals surface area contributed by atoms with Crippen LogP contribution in [0.3, 0.4) is 0 Å². The molecule has 110 valence electrons. The molecule has 0 aliphatic rings. The summed E-state index contributed by atoms with van der Waals surface area (Å²) in [7, 11) is -2.92. The van der Waals surface area contributed by atoms with Crippen LogP contribution in [0.5, 0.6) is 0 Å². The Hall–Kier alpha value is -0.880. The molecule has 0 saturated heterocycles. The number of rotatable bonds is 8. The largest absolute Gasteiger partial charge is 0.316 e. The number of hydrogen-bond donors (Lipinski definition) is 1. The summed E-state index contributed by atoms with van der Waals surface area (Å²) in [5, 5.41) is 7.27. The van der Waals surface area contributed by atoms with E-state index in [9.17, 15) is 8.42 Å². The summed E-state index contributed by atoms with van der Waals surface area (Å²) in [6.07, 6.45) is 0.948. The van der Waals surface area contributed by atoms with Crippen LogP contribution in [0.2, 0.25) is 0 Å². The van der Waals surface area contributed by atoms with Crippen LogP contribution in [0.4, 0.5) is 0 Å². The minimum absolute atomic E-state index is 0.213. The quantitative estimate of drug-likeness (QED) is 0.732. The van der Waals surface area contributed by atoms with Gasteiger partial charge in [0.1, 0.15) is 0 Å². The predicted octanol–water partition coefficient (Wildman–Crippen LogP) is 1.30. The molecule has 5 nitrogen and oxygen atoms in total. The maximum atomic E-state index is 11.6. The maximum absolute atomic E-state index is 11.6. The Bertz CT molecular complexity index is 492. The van der Waals surface area contributed by atoms with Crippen LogP contribution in [-0.4, -0.2) is 42.3 Å². The van der Waals surface area contributed by atoms with Gasteiger partial charge in [-0.1, -0.05) is 0 Å². The second kappa shape index (κ2) is 7.05. The zero-order valence-corrected chi connectivity index (χ0v) is 13.1. The third kappa shape index (κ3) is 5.32. The Kier molecular flexibility index (Phi) is 6.00. The molecule has 0 bridgehead atoms. The van der Waals surface area contributed by atoms with E-state index in [1.165, 1.54) is 5.69 Å². The van der Waals surface area contributed by atoms with E-state index >= 15 is 0 Å². The van der Waals surface area contributed by atoms with Gasteiger partial charge in [-0.2, -0.15) is 5.10 Å². The number of sulfone groups is 1. The predicted molar refractivity (Wildman–Crippen MR) is 78.1 cm³/mol. The molecule has 19 heavy (non-hydrogen) atoms. The summed E-state index contributed by atoms with van der Waals surface area (Å²) in [5.41, 5.74) is 2.20. The molecule has 0 atom stereocenters. The summed E-state index contributed by atoms with van der Waals surface area (Å²) >= 11 is 0. The summed E-state index contributed by atoms with van der Waals surface area (Å²) in [6.45, 7) is 9.67. The minimum Gasteiger partial charge on any atom is -0.316 e. The Morgan fingerprint density at radius 3 is 2.53 bits per heavy atom. The first-order valence-electron chi connectivity index (χ1n) is 6.76. The zero-order chi connectivity index (χ0) is 14.5. The van der Waals surface area contributed by atoms with Crippen LogP contribution in [0.1, 0.15) is 31.7 Å². The summed E-state index contributed by atoms with van der Waals surface area (Å²) in [6, 6.07) is 2.06. The zero-order valence-electron chi connectivity index (χ0n) is 12.3. The Morgan fingerprint density at radius 2 is 2.00 bits per heavy atom. The fourth-order valence-electron chi connectivity index (χ4n) is 1.83. The van der Waals surface area contributed by atoms with E-state index < -0.39 is 9.84 Å². The van der Waals surface area contributed by atoms with Gasteiger partial charge in [0.25, 0.3) is 0 Å². The second-order valence-electron chi connectivity index (χ2n) is 5.17. The topological polar surface area (TPSA) is 64.0 Å². The van der Waals surface area contributed by atoms with Crippen molar-refractivity contribution in [1.29, 1.82) is 0 Å². The number of nitrogens with one attached hydrogen (secondary N) is 1. The molecule has 0 aliphatic heterocycles. The van der Waals surface area contributed by atoms with E-state index in [0.717, 1.165) is 25.2 Å². The molecule has 1 N–H and O–H groups in total. The maximum Gasteiger partial charge on any atom is 0.153 e. The molecule has 0 aromatic carbocycles. The van der Waals surface area contributed by atoms with Gasteiger partial charge >= 0.3 is 0 Å². The summed E-state index contributed by atoms with van der Waals surface area (Å²) < 4.78 is 25.1. The van der Waals surface area contributed by atoms with Crippen molar-refractivity contribution in [2.75, 3.05) is 18.8 Å². The van der Waals surface area contributed by atoms with E-state index in [1.807, 2.05) is 18.5 Å². The number of aryl methyl sites for hydroxylation is 3. The molecule has 0 radical (unpaired) electrons.